The number of rotatable bonds is 4. The summed E-state index contributed by atoms with van der Waals surface area (Å²) in [4.78, 5) is 14.3. The summed E-state index contributed by atoms with van der Waals surface area (Å²) >= 11 is 0. The first-order chi connectivity index (χ1) is 9.65. The fraction of sp³-hybridized carbons (Fsp3) is 0.500. The van der Waals surface area contributed by atoms with Crippen molar-refractivity contribution in [2.24, 2.45) is 11.7 Å². The third-order valence-electron chi connectivity index (χ3n) is 4.01. The molecule has 0 radical (unpaired) electrons. The number of carbonyl (C=O) groups excluding carboxylic acids is 1. The van der Waals surface area contributed by atoms with Crippen molar-refractivity contribution in [2.45, 2.75) is 38.8 Å². The van der Waals surface area contributed by atoms with Gasteiger partial charge in [0.2, 0.25) is 5.91 Å². The van der Waals surface area contributed by atoms with E-state index in [1.165, 1.54) is 0 Å². The summed E-state index contributed by atoms with van der Waals surface area (Å²) in [5.41, 5.74) is 7.44. The van der Waals surface area contributed by atoms with Gasteiger partial charge in [-0.1, -0.05) is 18.2 Å². The lowest BCUT2D eigenvalue weighted by Gasteiger charge is -2.24. The summed E-state index contributed by atoms with van der Waals surface area (Å²) in [6.45, 7) is 3.14. The van der Waals surface area contributed by atoms with E-state index in [1.807, 2.05) is 30.0 Å². The van der Waals surface area contributed by atoms with Crippen LogP contribution in [0.2, 0.25) is 0 Å². The van der Waals surface area contributed by atoms with Crippen LogP contribution in [0.1, 0.15) is 37.3 Å². The molecule has 1 fully saturated rings. The normalized spacial score (nSPS) is 21.4. The minimum absolute atomic E-state index is 0.0548. The average molecular weight is 271 g/mol. The first kappa shape index (κ1) is 14.5. The molecule has 1 aliphatic carbocycles. The van der Waals surface area contributed by atoms with Crippen LogP contribution in [0, 0.1) is 17.2 Å². The lowest BCUT2D eigenvalue weighted by molar-refractivity contribution is -0.135. The Hall–Kier alpha value is -1.86. The van der Waals surface area contributed by atoms with E-state index in [2.05, 4.69) is 6.07 Å². The van der Waals surface area contributed by atoms with Crippen molar-refractivity contribution >= 4 is 5.91 Å². The minimum atomic E-state index is 0.0548. The van der Waals surface area contributed by atoms with Crippen molar-refractivity contribution in [1.82, 2.24) is 4.90 Å². The molecule has 2 N–H and O–H groups in total. The molecule has 0 heterocycles. The maximum Gasteiger partial charge on any atom is 0.226 e. The standard InChI is InChI=1S/C16H21N3O/c1-2-19(16(20)12-7-8-15(18)9-12)11-14-6-4-3-5-13(14)10-17/h3-6,12,15H,2,7-9,11,18H2,1H3. The van der Waals surface area contributed by atoms with Gasteiger partial charge in [0.25, 0.3) is 0 Å². The van der Waals surface area contributed by atoms with Gasteiger partial charge in [0.05, 0.1) is 11.6 Å². The van der Waals surface area contributed by atoms with Crippen LogP contribution in [0.5, 0.6) is 0 Å². The summed E-state index contributed by atoms with van der Waals surface area (Å²) < 4.78 is 0. The fourth-order valence-corrected chi connectivity index (χ4v) is 2.82. The highest BCUT2D eigenvalue weighted by atomic mass is 16.2. The van der Waals surface area contributed by atoms with E-state index >= 15 is 0 Å². The zero-order chi connectivity index (χ0) is 14.5. The van der Waals surface area contributed by atoms with Crippen LogP contribution in [0.15, 0.2) is 24.3 Å². The molecule has 4 nitrogen and oxygen atoms in total. The van der Waals surface area contributed by atoms with Crippen molar-refractivity contribution < 1.29 is 4.79 Å². The van der Waals surface area contributed by atoms with Gasteiger partial charge < -0.3 is 10.6 Å². The molecule has 0 aliphatic heterocycles. The second kappa shape index (κ2) is 6.53. The van der Waals surface area contributed by atoms with Crippen LogP contribution >= 0.6 is 0 Å². The molecule has 20 heavy (non-hydrogen) atoms. The largest absolute Gasteiger partial charge is 0.338 e. The average Bonchev–Trinajstić information content (AvgIpc) is 2.91. The molecule has 2 atom stereocenters. The van der Waals surface area contributed by atoms with Gasteiger partial charge in [0.15, 0.2) is 0 Å². The minimum Gasteiger partial charge on any atom is -0.338 e. The molecule has 1 aliphatic rings. The van der Waals surface area contributed by atoms with Gasteiger partial charge in [-0.25, -0.2) is 0 Å². The lowest BCUT2D eigenvalue weighted by Crippen LogP contribution is -2.35. The monoisotopic (exact) mass is 271 g/mol. The van der Waals surface area contributed by atoms with Crippen LogP contribution in [0.3, 0.4) is 0 Å². The molecule has 0 spiro atoms. The number of amides is 1. The number of hydrogen-bond donors (Lipinski definition) is 1. The van der Waals surface area contributed by atoms with Gasteiger partial charge in [-0.05, 0) is 37.8 Å². The highest BCUT2D eigenvalue weighted by molar-refractivity contribution is 5.79. The van der Waals surface area contributed by atoms with Crippen LogP contribution in [0.25, 0.3) is 0 Å². The summed E-state index contributed by atoms with van der Waals surface area (Å²) in [5, 5.41) is 9.12. The SMILES string of the molecule is CCN(Cc1ccccc1C#N)C(=O)C1CCC(N)C1. The van der Waals surface area contributed by atoms with Crippen molar-refractivity contribution in [3.63, 3.8) is 0 Å². The highest BCUT2D eigenvalue weighted by Crippen LogP contribution is 2.26. The van der Waals surface area contributed by atoms with E-state index in [9.17, 15) is 4.79 Å². The molecule has 1 aromatic carbocycles. The van der Waals surface area contributed by atoms with E-state index in [4.69, 9.17) is 11.0 Å². The molecule has 106 valence electrons. The number of nitrogens with zero attached hydrogens (tertiary/aromatic N) is 2. The quantitative estimate of drug-likeness (QED) is 0.911. The third-order valence-corrected chi connectivity index (χ3v) is 4.01. The van der Waals surface area contributed by atoms with Gasteiger partial charge in [0, 0.05) is 25.0 Å². The van der Waals surface area contributed by atoms with Crippen molar-refractivity contribution in [3.8, 4) is 6.07 Å². The summed E-state index contributed by atoms with van der Waals surface area (Å²) in [6.07, 6.45) is 2.61. The first-order valence-corrected chi connectivity index (χ1v) is 7.18. The van der Waals surface area contributed by atoms with Gasteiger partial charge in [0.1, 0.15) is 0 Å². The Morgan fingerprint density at radius 2 is 2.20 bits per heavy atom. The predicted molar refractivity (Wildman–Crippen MR) is 77.6 cm³/mol. The number of nitrogens with two attached hydrogens (primary N) is 1. The Bertz CT molecular complexity index is 521. The Labute approximate surface area is 120 Å². The van der Waals surface area contributed by atoms with Crippen molar-refractivity contribution in [3.05, 3.63) is 35.4 Å². The third kappa shape index (κ3) is 3.17. The molecule has 4 heteroatoms. The van der Waals surface area contributed by atoms with Crippen LogP contribution < -0.4 is 5.73 Å². The first-order valence-electron chi connectivity index (χ1n) is 7.18. The van der Waals surface area contributed by atoms with E-state index in [0.717, 1.165) is 24.8 Å². The highest BCUT2D eigenvalue weighted by Gasteiger charge is 2.30. The molecule has 0 aromatic heterocycles. The van der Waals surface area contributed by atoms with Crippen LogP contribution in [0.4, 0.5) is 0 Å². The van der Waals surface area contributed by atoms with E-state index in [1.54, 1.807) is 6.07 Å². The molecule has 1 aromatic rings. The Balaban J connectivity index is 2.09. The Morgan fingerprint density at radius 3 is 2.80 bits per heavy atom. The molecule has 0 saturated heterocycles. The number of nitriles is 1. The second-order valence-corrected chi connectivity index (χ2v) is 5.39. The molecule has 2 rings (SSSR count). The predicted octanol–water partition coefficient (Wildman–Crippen LogP) is 2.03. The van der Waals surface area contributed by atoms with Gasteiger partial charge in [-0.3, -0.25) is 4.79 Å². The van der Waals surface area contributed by atoms with Crippen LogP contribution in [-0.4, -0.2) is 23.4 Å². The van der Waals surface area contributed by atoms with Gasteiger partial charge >= 0.3 is 0 Å². The fourth-order valence-electron chi connectivity index (χ4n) is 2.82. The zero-order valence-electron chi connectivity index (χ0n) is 11.9. The Morgan fingerprint density at radius 1 is 1.45 bits per heavy atom. The van der Waals surface area contributed by atoms with Crippen LogP contribution in [-0.2, 0) is 11.3 Å². The van der Waals surface area contributed by atoms with Gasteiger partial charge in [-0.2, -0.15) is 5.26 Å². The number of carbonyl (C=O) groups is 1. The number of hydrogen-bond acceptors (Lipinski definition) is 3. The summed E-state index contributed by atoms with van der Waals surface area (Å²) in [7, 11) is 0. The maximum absolute atomic E-state index is 12.5. The topological polar surface area (TPSA) is 70.1 Å². The molecule has 0 bridgehead atoms. The second-order valence-electron chi connectivity index (χ2n) is 5.39. The summed E-state index contributed by atoms with van der Waals surface area (Å²) in [6, 6.07) is 9.79. The van der Waals surface area contributed by atoms with E-state index in [-0.39, 0.29) is 17.9 Å². The molecular weight excluding hydrogens is 250 g/mol. The maximum atomic E-state index is 12.5. The summed E-state index contributed by atoms with van der Waals surface area (Å²) in [5.74, 6) is 0.229. The van der Waals surface area contributed by atoms with Crippen molar-refractivity contribution in [2.75, 3.05) is 6.54 Å². The van der Waals surface area contributed by atoms with Gasteiger partial charge in [-0.15, -0.1) is 0 Å². The van der Waals surface area contributed by atoms with E-state index in [0.29, 0.717) is 18.7 Å². The molecule has 1 saturated carbocycles. The molecular formula is C16H21N3O. The molecule has 1 amide bonds. The number of benzene rings is 1. The Kier molecular flexibility index (Phi) is 4.75. The lowest BCUT2D eigenvalue weighted by atomic mass is 10.0. The molecule has 2 unspecified atom stereocenters. The smallest absolute Gasteiger partial charge is 0.226 e. The van der Waals surface area contributed by atoms with E-state index < -0.39 is 0 Å². The van der Waals surface area contributed by atoms with Crippen molar-refractivity contribution in [1.29, 1.82) is 5.26 Å². The zero-order valence-corrected chi connectivity index (χ0v) is 11.9.